The number of benzene rings is 2. The van der Waals surface area contributed by atoms with Gasteiger partial charge in [-0.1, -0.05) is 12.1 Å². The van der Waals surface area contributed by atoms with Crippen molar-refractivity contribution < 1.29 is 22.3 Å². The Morgan fingerprint density at radius 3 is 2.12 bits per heavy atom. The Balaban J connectivity index is 3.02. The maximum absolute atomic E-state index is 13.4. The molecular weight excluding hydrogens is 224 g/mol. The minimum atomic E-state index is -1.84. The molecule has 0 saturated heterocycles. The van der Waals surface area contributed by atoms with Crippen molar-refractivity contribution in [1.29, 1.82) is 0 Å². The van der Waals surface area contributed by atoms with E-state index in [2.05, 4.69) is 0 Å². The highest BCUT2D eigenvalue weighted by atomic mass is 19.2. The normalized spacial score (nSPS) is 10.8. The zero-order chi connectivity index (χ0) is 11.9. The Labute approximate surface area is 88.3 Å². The molecule has 0 spiro atoms. The van der Waals surface area contributed by atoms with Crippen LogP contribution < -0.4 is 4.74 Å². The third kappa shape index (κ3) is 1.31. The second-order valence-electron chi connectivity index (χ2n) is 3.14. The number of ether oxygens (including phenoxy) is 1. The molecule has 0 aromatic heterocycles. The van der Waals surface area contributed by atoms with Gasteiger partial charge in [0.05, 0.1) is 12.5 Å². The number of hydrogen-bond acceptors (Lipinski definition) is 1. The molecule has 2 aromatic rings. The van der Waals surface area contributed by atoms with Crippen LogP contribution in [-0.2, 0) is 0 Å². The molecule has 0 unspecified atom stereocenters. The van der Waals surface area contributed by atoms with Gasteiger partial charge in [0.25, 0.3) is 0 Å². The number of hydrogen-bond donors (Lipinski definition) is 0. The van der Waals surface area contributed by atoms with Crippen molar-refractivity contribution in [3.05, 3.63) is 41.5 Å². The maximum atomic E-state index is 13.4. The van der Waals surface area contributed by atoms with E-state index in [1.165, 1.54) is 19.2 Å². The lowest BCUT2D eigenvalue weighted by atomic mass is 10.1. The molecule has 0 aliphatic rings. The lowest BCUT2D eigenvalue weighted by molar-refractivity contribution is 0.404. The average Bonchev–Trinajstić information content (AvgIpc) is 2.32. The monoisotopic (exact) mass is 230 g/mol. The fourth-order valence-corrected chi connectivity index (χ4v) is 1.53. The van der Waals surface area contributed by atoms with Crippen LogP contribution in [0, 0.1) is 23.3 Å². The molecule has 0 aliphatic heterocycles. The van der Waals surface area contributed by atoms with Crippen molar-refractivity contribution in [2.75, 3.05) is 7.11 Å². The fraction of sp³-hybridized carbons (Fsp3) is 0.0909. The molecule has 5 heteroatoms. The van der Waals surface area contributed by atoms with Gasteiger partial charge < -0.3 is 4.74 Å². The minimum absolute atomic E-state index is 0.0483. The van der Waals surface area contributed by atoms with Crippen LogP contribution in [-0.4, -0.2) is 7.11 Å². The topological polar surface area (TPSA) is 9.23 Å². The summed E-state index contributed by atoms with van der Waals surface area (Å²) in [5, 5.41) is -0.753. The fourth-order valence-electron chi connectivity index (χ4n) is 1.53. The number of rotatable bonds is 1. The van der Waals surface area contributed by atoms with E-state index in [9.17, 15) is 17.6 Å². The van der Waals surface area contributed by atoms with E-state index in [-0.39, 0.29) is 11.1 Å². The van der Waals surface area contributed by atoms with E-state index in [1.807, 2.05) is 0 Å². The van der Waals surface area contributed by atoms with Crippen LogP contribution >= 0.6 is 0 Å². The molecule has 0 amide bonds. The van der Waals surface area contributed by atoms with Crippen LogP contribution in [0.3, 0.4) is 0 Å². The summed E-state index contributed by atoms with van der Waals surface area (Å²) < 4.78 is 57.4. The number of halogens is 4. The zero-order valence-corrected chi connectivity index (χ0v) is 8.15. The Morgan fingerprint density at radius 2 is 1.50 bits per heavy atom. The van der Waals surface area contributed by atoms with Crippen LogP contribution in [0.25, 0.3) is 10.8 Å². The molecule has 0 bridgehead atoms. The van der Waals surface area contributed by atoms with E-state index in [0.717, 1.165) is 6.07 Å². The summed E-state index contributed by atoms with van der Waals surface area (Å²) in [5.74, 6) is -6.58. The van der Waals surface area contributed by atoms with Crippen LogP contribution in [0.5, 0.6) is 5.75 Å². The van der Waals surface area contributed by atoms with Gasteiger partial charge in [-0.05, 0) is 6.07 Å². The summed E-state index contributed by atoms with van der Waals surface area (Å²) in [6.45, 7) is 0. The van der Waals surface area contributed by atoms with Crippen molar-refractivity contribution in [3.8, 4) is 5.75 Å². The molecule has 0 saturated carbocycles. The molecule has 0 heterocycles. The van der Waals surface area contributed by atoms with Gasteiger partial charge in [0.15, 0.2) is 23.3 Å². The maximum Gasteiger partial charge on any atom is 0.198 e. The average molecular weight is 230 g/mol. The Hall–Kier alpha value is -1.78. The van der Waals surface area contributed by atoms with Gasteiger partial charge >= 0.3 is 0 Å². The van der Waals surface area contributed by atoms with Gasteiger partial charge in [-0.2, -0.15) is 0 Å². The molecule has 84 valence electrons. The molecule has 0 radical (unpaired) electrons. The quantitative estimate of drug-likeness (QED) is 0.414. The Bertz CT molecular complexity index is 566. The molecule has 2 aromatic carbocycles. The van der Waals surface area contributed by atoms with Crippen molar-refractivity contribution in [2.45, 2.75) is 0 Å². The largest absolute Gasteiger partial charge is 0.496 e. The third-order valence-electron chi connectivity index (χ3n) is 2.28. The second kappa shape index (κ2) is 3.66. The summed E-state index contributed by atoms with van der Waals surface area (Å²) in [7, 11) is 1.23. The zero-order valence-electron chi connectivity index (χ0n) is 8.15. The van der Waals surface area contributed by atoms with Gasteiger partial charge in [0, 0.05) is 5.39 Å². The molecule has 16 heavy (non-hydrogen) atoms. The number of fused-ring (bicyclic) bond motifs is 1. The predicted octanol–water partition coefficient (Wildman–Crippen LogP) is 3.40. The van der Waals surface area contributed by atoms with E-state index in [4.69, 9.17) is 4.74 Å². The molecular formula is C11H6F4O. The first-order chi connectivity index (χ1) is 7.57. The second-order valence-corrected chi connectivity index (χ2v) is 3.14. The Morgan fingerprint density at radius 1 is 0.875 bits per heavy atom. The van der Waals surface area contributed by atoms with E-state index < -0.39 is 28.7 Å². The van der Waals surface area contributed by atoms with Crippen LogP contribution in [0.4, 0.5) is 17.6 Å². The van der Waals surface area contributed by atoms with Crippen molar-refractivity contribution >= 4 is 10.8 Å². The van der Waals surface area contributed by atoms with Gasteiger partial charge in [0.2, 0.25) is 0 Å². The predicted molar refractivity (Wildman–Crippen MR) is 50.3 cm³/mol. The summed E-state index contributed by atoms with van der Waals surface area (Å²) in [6, 6.07) is 3.85. The van der Waals surface area contributed by atoms with Crippen LogP contribution in [0.1, 0.15) is 0 Å². The van der Waals surface area contributed by atoms with E-state index in [0.29, 0.717) is 0 Å². The first-order valence-electron chi connectivity index (χ1n) is 4.36. The smallest absolute Gasteiger partial charge is 0.198 e. The van der Waals surface area contributed by atoms with Crippen molar-refractivity contribution in [2.24, 2.45) is 0 Å². The highest BCUT2D eigenvalue weighted by Gasteiger charge is 2.22. The lowest BCUT2D eigenvalue weighted by Crippen LogP contribution is -1.99. The van der Waals surface area contributed by atoms with E-state index in [1.54, 1.807) is 0 Å². The first-order valence-corrected chi connectivity index (χ1v) is 4.36. The molecule has 0 atom stereocenters. The first kappa shape index (κ1) is 10.7. The molecule has 0 N–H and O–H groups in total. The van der Waals surface area contributed by atoms with Crippen molar-refractivity contribution in [1.82, 2.24) is 0 Å². The van der Waals surface area contributed by atoms with Gasteiger partial charge in [0.1, 0.15) is 5.75 Å². The molecule has 1 nitrogen and oxygen atoms in total. The van der Waals surface area contributed by atoms with Gasteiger partial charge in [-0.15, -0.1) is 0 Å². The van der Waals surface area contributed by atoms with E-state index >= 15 is 0 Å². The van der Waals surface area contributed by atoms with Gasteiger partial charge in [-0.25, -0.2) is 17.6 Å². The Kier molecular flexibility index (Phi) is 2.46. The van der Waals surface area contributed by atoms with Crippen molar-refractivity contribution in [3.63, 3.8) is 0 Å². The third-order valence-corrected chi connectivity index (χ3v) is 2.28. The lowest BCUT2D eigenvalue weighted by Gasteiger charge is -2.08. The van der Waals surface area contributed by atoms with Crippen LogP contribution in [0.2, 0.25) is 0 Å². The molecule has 2 rings (SSSR count). The molecule has 0 fully saturated rings. The SMILES string of the molecule is COc1cccc2c(F)c(F)c(F)c(F)c12. The summed E-state index contributed by atoms with van der Waals surface area (Å²) in [4.78, 5) is 0. The standard InChI is InChI=1S/C11H6F4O/c1-16-6-4-2-3-5-7(6)9(13)11(15)10(14)8(5)12/h2-4H,1H3. The van der Waals surface area contributed by atoms with Crippen LogP contribution in [0.15, 0.2) is 18.2 Å². The summed E-state index contributed by atoms with van der Waals surface area (Å²) in [6.07, 6.45) is 0. The summed E-state index contributed by atoms with van der Waals surface area (Å²) in [5.41, 5.74) is 0. The van der Waals surface area contributed by atoms with Gasteiger partial charge in [-0.3, -0.25) is 0 Å². The highest BCUT2D eigenvalue weighted by Crippen LogP contribution is 2.32. The molecule has 0 aliphatic carbocycles. The highest BCUT2D eigenvalue weighted by molar-refractivity contribution is 5.89. The minimum Gasteiger partial charge on any atom is -0.496 e. The summed E-state index contributed by atoms with van der Waals surface area (Å²) >= 11 is 0. The number of methoxy groups -OCH3 is 1.